The molecule has 2 heterocycles. The molecule has 0 aromatic carbocycles. The number of halogens is 1. The molecule has 0 saturated heterocycles. The first kappa shape index (κ1) is 17.2. The van der Waals surface area contributed by atoms with Gasteiger partial charge in [-0.25, -0.2) is 4.79 Å². The van der Waals surface area contributed by atoms with Crippen LogP contribution in [0.15, 0.2) is 12.1 Å². The second-order valence-electron chi connectivity index (χ2n) is 4.75. The lowest BCUT2D eigenvalue weighted by molar-refractivity contribution is 0.212. The Morgan fingerprint density at radius 3 is 2.77 bits per heavy atom. The lowest BCUT2D eigenvalue weighted by Gasteiger charge is -2.19. The van der Waals surface area contributed by atoms with Crippen molar-refractivity contribution in [3.05, 3.63) is 26.4 Å². The molecule has 0 spiro atoms. The van der Waals surface area contributed by atoms with E-state index in [0.29, 0.717) is 18.2 Å². The van der Waals surface area contributed by atoms with E-state index in [1.807, 2.05) is 19.1 Å². The summed E-state index contributed by atoms with van der Waals surface area (Å²) >= 11 is 8.85. The molecule has 0 fully saturated rings. The van der Waals surface area contributed by atoms with E-state index in [-0.39, 0.29) is 6.03 Å². The van der Waals surface area contributed by atoms with Gasteiger partial charge in [-0.15, -0.1) is 21.5 Å². The van der Waals surface area contributed by atoms with Crippen LogP contribution in [0.5, 0.6) is 0 Å². The summed E-state index contributed by atoms with van der Waals surface area (Å²) in [5.41, 5.74) is 0. The highest BCUT2D eigenvalue weighted by molar-refractivity contribution is 7.16. The molecular formula is C14H19ClN4OS2. The van der Waals surface area contributed by atoms with Gasteiger partial charge in [0.05, 0.1) is 10.9 Å². The molecule has 2 amide bonds. The van der Waals surface area contributed by atoms with Crippen LogP contribution in [0.3, 0.4) is 0 Å². The predicted molar refractivity (Wildman–Crippen MR) is 93.0 cm³/mol. The topological polar surface area (TPSA) is 58.1 Å². The number of carbonyl (C=O) groups is 1. The van der Waals surface area contributed by atoms with Gasteiger partial charge in [-0.2, -0.15) is 0 Å². The Hall–Kier alpha value is -1.18. The molecule has 2 aromatic rings. The van der Waals surface area contributed by atoms with Gasteiger partial charge in [0.1, 0.15) is 5.01 Å². The van der Waals surface area contributed by atoms with E-state index in [2.05, 4.69) is 22.4 Å². The van der Waals surface area contributed by atoms with Crippen LogP contribution in [0.25, 0.3) is 0 Å². The van der Waals surface area contributed by atoms with Gasteiger partial charge in [0.2, 0.25) is 5.13 Å². The molecule has 2 rings (SSSR count). The van der Waals surface area contributed by atoms with Crippen LogP contribution in [0.1, 0.15) is 36.6 Å². The van der Waals surface area contributed by atoms with Crippen molar-refractivity contribution in [3.63, 3.8) is 0 Å². The van der Waals surface area contributed by atoms with Crippen molar-refractivity contribution in [2.45, 2.75) is 39.7 Å². The zero-order valence-corrected chi connectivity index (χ0v) is 15.0. The summed E-state index contributed by atoms with van der Waals surface area (Å²) in [6.45, 7) is 5.24. The van der Waals surface area contributed by atoms with Gasteiger partial charge < -0.3 is 4.90 Å². The van der Waals surface area contributed by atoms with Gasteiger partial charge in [-0.1, -0.05) is 36.3 Å². The van der Waals surface area contributed by atoms with Crippen LogP contribution in [0.2, 0.25) is 4.34 Å². The molecule has 120 valence electrons. The molecule has 0 aliphatic heterocycles. The first-order valence-corrected chi connectivity index (χ1v) is 9.26. The Bertz CT molecular complexity index is 614. The van der Waals surface area contributed by atoms with Crippen LogP contribution in [0, 0.1) is 0 Å². The fourth-order valence-electron chi connectivity index (χ4n) is 1.86. The first-order valence-electron chi connectivity index (χ1n) is 7.24. The van der Waals surface area contributed by atoms with Gasteiger partial charge in [-0.05, 0) is 25.5 Å². The van der Waals surface area contributed by atoms with E-state index >= 15 is 0 Å². The smallest absolute Gasteiger partial charge is 0.320 e. The predicted octanol–water partition coefficient (Wildman–Crippen LogP) is 4.65. The largest absolute Gasteiger partial charge is 0.324 e. The van der Waals surface area contributed by atoms with E-state index in [9.17, 15) is 4.79 Å². The molecule has 1 N–H and O–H groups in total. The second-order valence-corrected chi connectivity index (χ2v) is 7.62. The summed E-state index contributed by atoms with van der Waals surface area (Å²) in [6.07, 6.45) is 3.12. The third kappa shape index (κ3) is 4.93. The number of aromatic nitrogens is 2. The van der Waals surface area contributed by atoms with Crippen molar-refractivity contribution in [1.82, 2.24) is 15.1 Å². The summed E-state index contributed by atoms with van der Waals surface area (Å²) in [5.74, 6) is 0. The Morgan fingerprint density at radius 2 is 2.14 bits per heavy atom. The normalized spacial score (nSPS) is 10.7. The SMILES string of the molecule is CCCCc1nnc(NC(=O)N(CC)Cc2ccc(Cl)s2)s1. The summed E-state index contributed by atoms with van der Waals surface area (Å²) in [5, 5.41) is 12.5. The zero-order chi connectivity index (χ0) is 15.9. The van der Waals surface area contributed by atoms with Gasteiger partial charge in [-0.3, -0.25) is 5.32 Å². The third-order valence-electron chi connectivity index (χ3n) is 3.07. The van der Waals surface area contributed by atoms with Crippen molar-refractivity contribution >= 4 is 45.4 Å². The second kappa shape index (κ2) is 8.45. The summed E-state index contributed by atoms with van der Waals surface area (Å²) < 4.78 is 0.733. The van der Waals surface area contributed by atoms with E-state index in [4.69, 9.17) is 11.6 Å². The van der Waals surface area contributed by atoms with Crippen molar-refractivity contribution in [2.24, 2.45) is 0 Å². The van der Waals surface area contributed by atoms with Gasteiger partial charge in [0.25, 0.3) is 0 Å². The fraction of sp³-hybridized carbons (Fsp3) is 0.500. The number of urea groups is 1. The Morgan fingerprint density at radius 1 is 1.32 bits per heavy atom. The molecule has 8 heteroatoms. The summed E-state index contributed by atoms with van der Waals surface area (Å²) in [6, 6.07) is 3.62. The maximum absolute atomic E-state index is 12.3. The molecule has 0 unspecified atom stereocenters. The average Bonchev–Trinajstić information content (AvgIpc) is 3.11. The lowest BCUT2D eigenvalue weighted by atomic mass is 10.3. The molecule has 0 aliphatic carbocycles. The molecule has 0 saturated carbocycles. The molecule has 2 aromatic heterocycles. The molecule has 0 atom stereocenters. The Kier molecular flexibility index (Phi) is 6.60. The number of rotatable bonds is 7. The minimum absolute atomic E-state index is 0.162. The molecular weight excluding hydrogens is 340 g/mol. The van der Waals surface area contributed by atoms with Gasteiger partial charge in [0.15, 0.2) is 0 Å². The number of thiophene rings is 1. The van der Waals surface area contributed by atoms with Crippen LogP contribution < -0.4 is 5.32 Å². The molecule has 5 nitrogen and oxygen atoms in total. The van der Waals surface area contributed by atoms with E-state index in [0.717, 1.165) is 33.5 Å². The minimum atomic E-state index is -0.162. The van der Waals surface area contributed by atoms with Gasteiger partial charge >= 0.3 is 6.03 Å². The number of nitrogens with one attached hydrogen (secondary N) is 1. The maximum Gasteiger partial charge on any atom is 0.324 e. The highest BCUT2D eigenvalue weighted by Gasteiger charge is 2.15. The van der Waals surface area contributed by atoms with Crippen LogP contribution in [-0.2, 0) is 13.0 Å². The Labute approximate surface area is 143 Å². The highest BCUT2D eigenvalue weighted by atomic mass is 35.5. The zero-order valence-electron chi connectivity index (χ0n) is 12.6. The molecule has 22 heavy (non-hydrogen) atoms. The number of unbranched alkanes of at least 4 members (excludes halogenated alkanes) is 1. The molecule has 0 bridgehead atoms. The van der Waals surface area contributed by atoms with E-state index in [1.54, 1.807) is 4.90 Å². The van der Waals surface area contributed by atoms with Crippen LogP contribution >= 0.6 is 34.3 Å². The van der Waals surface area contributed by atoms with Crippen molar-refractivity contribution in [3.8, 4) is 0 Å². The monoisotopic (exact) mass is 358 g/mol. The van der Waals surface area contributed by atoms with Crippen molar-refractivity contribution < 1.29 is 4.79 Å². The number of hydrogen-bond acceptors (Lipinski definition) is 5. The standard InChI is InChI=1S/C14H19ClN4OS2/c1-3-5-6-12-17-18-13(22-12)16-14(20)19(4-2)9-10-7-8-11(15)21-10/h7-8H,3-6,9H2,1-2H3,(H,16,18,20). The minimum Gasteiger partial charge on any atom is -0.320 e. The lowest BCUT2D eigenvalue weighted by Crippen LogP contribution is -2.34. The number of carbonyl (C=O) groups excluding carboxylic acids is 1. The highest BCUT2D eigenvalue weighted by Crippen LogP contribution is 2.23. The number of hydrogen-bond donors (Lipinski definition) is 1. The third-order valence-corrected chi connectivity index (χ3v) is 5.18. The van der Waals surface area contributed by atoms with Gasteiger partial charge in [0, 0.05) is 17.8 Å². The number of aryl methyl sites for hydroxylation is 1. The first-order chi connectivity index (χ1) is 10.6. The van der Waals surface area contributed by atoms with Crippen LogP contribution in [-0.4, -0.2) is 27.7 Å². The number of anilines is 1. The summed E-state index contributed by atoms with van der Waals surface area (Å²) in [4.78, 5) is 15.1. The van der Waals surface area contributed by atoms with E-state index < -0.39 is 0 Å². The maximum atomic E-state index is 12.3. The van der Waals surface area contributed by atoms with E-state index in [1.165, 1.54) is 22.7 Å². The van der Waals surface area contributed by atoms with Crippen molar-refractivity contribution in [1.29, 1.82) is 0 Å². The Balaban J connectivity index is 1.92. The number of nitrogens with zero attached hydrogens (tertiary/aromatic N) is 3. The average molecular weight is 359 g/mol. The summed E-state index contributed by atoms with van der Waals surface area (Å²) in [7, 11) is 0. The number of amides is 2. The van der Waals surface area contributed by atoms with Crippen molar-refractivity contribution in [2.75, 3.05) is 11.9 Å². The molecule has 0 radical (unpaired) electrons. The quantitative estimate of drug-likeness (QED) is 0.783. The fourth-order valence-corrected chi connectivity index (χ4v) is 3.73. The van der Waals surface area contributed by atoms with Crippen LogP contribution in [0.4, 0.5) is 9.93 Å². The molecule has 0 aliphatic rings.